The van der Waals surface area contributed by atoms with Crippen molar-refractivity contribution in [2.24, 2.45) is 0 Å². The van der Waals surface area contributed by atoms with Crippen molar-refractivity contribution in [1.29, 1.82) is 0 Å². The number of hydrogen-bond donors (Lipinski definition) is 0. The Hall–Kier alpha value is -2.13. The average molecular weight is 487 g/mol. The lowest BCUT2D eigenvalue weighted by molar-refractivity contribution is -0.810. The van der Waals surface area contributed by atoms with Crippen molar-refractivity contribution in [3.05, 3.63) is 30.3 Å². The second-order valence-electron chi connectivity index (χ2n) is 9.30. The highest BCUT2D eigenvalue weighted by molar-refractivity contribution is 5.61. The Kier molecular flexibility index (Phi) is 19.0. The van der Waals surface area contributed by atoms with Crippen molar-refractivity contribution in [3.63, 3.8) is 0 Å². The molecular weight excluding hydrogens is 442 g/mol. The van der Waals surface area contributed by atoms with Gasteiger partial charge in [-0.05, 0) is 6.42 Å². The first-order valence-corrected chi connectivity index (χ1v) is 13.2. The van der Waals surface area contributed by atoms with E-state index < -0.39 is 32.9 Å². The number of rotatable bonds is 25. The van der Waals surface area contributed by atoms with Crippen molar-refractivity contribution < 1.29 is 19.6 Å². The number of unbranched alkanes of at least 4 members (excludes halogenated alkanes) is 18. The third-order valence-corrected chi connectivity index (χ3v) is 6.51. The van der Waals surface area contributed by atoms with Gasteiger partial charge in [0.15, 0.2) is 0 Å². The molecule has 0 aliphatic carbocycles. The van der Waals surface area contributed by atoms with Gasteiger partial charge < -0.3 is 0 Å². The minimum absolute atomic E-state index is 0.218. The average Bonchev–Trinajstić information content (AvgIpc) is 2.79. The molecule has 10 heteroatoms. The van der Waals surface area contributed by atoms with Crippen LogP contribution < -0.4 is 0 Å². The van der Waals surface area contributed by atoms with Gasteiger partial charge in [-0.2, -0.15) is 0 Å². The summed E-state index contributed by atoms with van der Waals surface area (Å²) in [5, 5.41) is 33.2. The molecule has 0 saturated carbocycles. The first kappa shape index (κ1) is 31.9. The Morgan fingerprint density at radius 2 is 0.882 bits per heavy atom. The van der Waals surface area contributed by atoms with Crippen LogP contribution in [-0.4, -0.2) is 32.8 Å². The van der Waals surface area contributed by atoms with E-state index >= 15 is 0 Å². The molecule has 0 aliphatic rings. The molecule has 0 fully saturated rings. The SMILES string of the molecule is CCCCCCCCCCCCCCCCCCCCCC([N+](=O)[O-])C([C]=O)([N+](=O)[O-])[N+](=O)[O-]. The van der Waals surface area contributed by atoms with E-state index in [0.29, 0.717) is 12.7 Å². The van der Waals surface area contributed by atoms with Gasteiger partial charge in [0.1, 0.15) is 9.85 Å². The Morgan fingerprint density at radius 3 is 1.12 bits per heavy atom. The number of nitrogens with zero attached hydrogens (tertiary/aromatic N) is 3. The minimum Gasteiger partial charge on any atom is -0.273 e. The van der Waals surface area contributed by atoms with Crippen LogP contribution in [0.2, 0.25) is 0 Å². The molecule has 0 aromatic carbocycles. The highest BCUT2D eigenvalue weighted by atomic mass is 16.7. The molecule has 34 heavy (non-hydrogen) atoms. The Labute approximate surface area is 203 Å². The van der Waals surface area contributed by atoms with Gasteiger partial charge in [-0.1, -0.05) is 122 Å². The van der Waals surface area contributed by atoms with Gasteiger partial charge >= 0.3 is 18.0 Å². The van der Waals surface area contributed by atoms with Gasteiger partial charge in [0.2, 0.25) is 0 Å². The lowest BCUT2D eigenvalue weighted by Gasteiger charge is -2.14. The van der Waals surface area contributed by atoms with Crippen LogP contribution in [0, 0.1) is 30.3 Å². The van der Waals surface area contributed by atoms with Gasteiger partial charge in [-0.3, -0.25) is 35.1 Å². The van der Waals surface area contributed by atoms with Crippen LogP contribution in [0.4, 0.5) is 0 Å². The fourth-order valence-corrected chi connectivity index (χ4v) is 4.32. The molecule has 197 valence electrons. The maximum Gasteiger partial charge on any atom is 0.588 e. The summed E-state index contributed by atoms with van der Waals surface area (Å²) in [5.41, 5.74) is -3.54. The summed E-state index contributed by atoms with van der Waals surface area (Å²) in [6, 6.07) is -2.22. The van der Waals surface area contributed by atoms with E-state index in [0.717, 1.165) is 25.7 Å². The lowest BCUT2D eigenvalue weighted by atomic mass is 9.96. The van der Waals surface area contributed by atoms with Crippen molar-refractivity contribution in [1.82, 2.24) is 0 Å². The molecule has 0 rings (SSSR count). The van der Waals surface area contributed by atoms with E-state index in [2.05, 4.69) is 6.92 Å². The van der Waals surface area contributed by atoms with E-state index in [-0.39, 0.29) is 6.42 Å². The first-order chi connectivity index (χ1) is 16.3. The Morgan fingerprint density at radius 1 is 0.588 bits per heavy atom. The smallest absolute Gasteiger partial charge is 0.273 e. The lowest BCUT2D eigenvalue weighted by Crippen LogP contribution is -2.59. The molecule has 0 aromatic heterocycles. The third-order valence-electron chi connectivity index (χ3n) is 6.51. The fraction of sp³-hybridized carbons (Fsp3) is 0.958. The molecule has 10 nitrogen and oxygen atoms in total. The molecular formula is C24H44N3O7. The molecule has 1 atom stereocenters. The van der Waals surface area contributed by atoms with Crippen LogP contribution in [0.3, 0.4) is 0 Å². The Balaban J connectivity index is 3.72. The van der Waals surface area contributed by atoms with Crippen molar-refractivity contribution >= 4 is 6.29 Å². The first-order valence-electron chi connectivity index (χ1n) is 13.2. The molecule has 0 bridgehead atoms. The second-order valence-corrected chi connectivity index (χ2v) is 9.30. The van der Waals surface area contributed by atoms with E-state index in [1.165, 1.54) is 83.5 Å². The normalized spacial score (nSPS) is 12.4. The summed E-state index contributed by atoms with van der Waals surface area (Å²) < 4.78 is 0. The zero-order chi connectivity index (χ0) is 25.7. The fourth-order valence-electron chi connectivity index (χ4n) is 4.32. The largest absolute Gasteiger partial charge is 0.588 e. The summed E-state index contributed by atoms with van der Waals surface area (Å²) in [4.78, 5) is 40.0. The van der Waals surface area contributed by atoms with Crippen molar-refractivity contribution in [2.45, 2.75) is 147 Å². The summed E-state index contributed by atoms with van der Waals surface area (Å²) in [6.07, 6.45) is 22.3. The monoisotopic (exact) mass is 486 g/mol. The Bertz CT molecular complexity index is 573. The van der Waals surface area contributed by atoms with Crippen LogP contribution in [0.5, 0.6) is 0 Å². The van der Waals surface area contributed by atoms with E-state index in [1.807, 2.05) is 0 Å². The predicted molar refractivity (Wildman–Crippen MR) is 131 cm³/mol. The second kappa shape index (κ2) is 20.3. The summed E-state index contributed by atoms with van der Waals surface area (Å²) >= 11 is 0. The van der Waals surface area contributed by atoms with Gasteiger partial charge in [0, 0.05) is 11.3 Å². The molecule has 0 N–H and O–H groups in total. The van der Waals surface area contributed by atoms with Crippen LogP contribution in [0.1, 0.15) is 135 Å². The highest BCUT2D eigenvalue weighted by Gasteiger charge is 2.71. The standard InChI is InChI=1S/C24H44N3O7/c1-2-3-4-5-6-7-8-9-10-11-12-13-14-15-16-17-18-19-20-21-23(25(29)30)24(22-28,26(31)32)27(33)34/h23H,2-21H2,1H3. The molecule has 1 unspecified atom stereocenters. The van der Waals surface area contributed by atoms with Crippen LogP contribution >= 0.6 is 0 Å². The highest BCUT2D eigenvalue weighted by Crippen LogP contribution is 2.23. The minimum atomic E-state index is -3.54. The van der Waals surface area contributed by atoms with E-state index in [1.54, 1.807) is 0 Å². The van der Waals surface area contributed by atoms with Gasteiger partial charge in [0.05, 0.1) is 0 Å². The van der Waals surface area contributed by atoms with Gasteiger partial charge in [-0.15, -0.1) is 0 Å². The van der Waals surface area contributed by atoms with Crippen LogP contribution in [0.25, 0.3) is 0 Å². The molecule has 0 saturated heterocycles. The summed E-state index contributed by atoms with van der Waals surface area (Å²) in [7, 11) is 0. The van der Waals surface area contributed by atoms with Crippen LogP contribution in [-0.2, 0) is 4.79 Å². The van der Waals surface area contributed by atoms with Gasteiger partial charge in [0.25, 0.3) is 0 Å². The van der Waals surface area contributed by atoms with E-state index in [9.17, 15) is 35.1 Å². The molecule has 0 spiro atoms. The zero-order valence-corrected chi connectivity index (χ0v) is 20.9. The van der Waals surface area contributed by atoms with Crippen molar-refractivity contribution in [2.75, 3.05) is 0 Å². The zero-order valence-electron chi connectivity index (χ0n) is 20.9. The third kappa shape index (κ3) is 12.9. The van der Waals surface area contributed by atoms with Crippen LogP contribution in [0.15, 0.2) is 0 Å². The van der Waals surface area contributed by atoms with Gasteiger partial charge in [-0.25, -0.2) is 0 Å². The van der Waals surface area contributed by atoms with Crippen molar-refractivity contribution in [3.8, 4) is 0 Å². The molecule has 0 aromatic rings. The summed E-state index contributed by atoms with van der Waals surface area (Å²) in [5.74, 6) is 0. The molecule has 1 radical (unpaired) electrons. The number of nitro groups is 3. The molecule has 0 aliphatic heterocycles. The number of hydrogen-bond acceptors (Lipinski definition) is 7. The quantitative estimate of drug-likeness (QED) is 0.0595. The topological polar surface area (TPSA) is 146 Å². The molecule has 0 amide bonds. The predicted octanol–water partition coefficient (Wildman–Crippen LogP) is 6.81. The summed E-state index contributed by atoms with van der Waals surface area (Å²) in [6.45, 7) is 2.24. The maximum atomic E-state index is 11.2. The van der Waals surface area contributed by atoms with E-state index in [4.69, 9.17) is 0 Å². The number of carbonyl (C=O) groups excluding carboxylic acids is 1. The molecule has 0 heterocycles. The maximum absolute atomic E-state index is 11.2.